The molecule has 0 fully saturated rings. The largest absolute Gasteiger partial charge is 0.491 e. The Kier molecular flexibility index (Phi) is 8.97. The summed E-state index contributed by atoms with van der Waals surface area (Å²) in [4.78, 5) is 0. The van der Waals surface area contributed by atoms with Gasteiger partial charge < -0.3 is 14.8 Å². The second kappa shape index (κ2) is 10.2. The Bertz CT molecular complexity index is 410. The van der Waals surface area contributed by atoms with E-state index in [1.807, 2.05) is 12.1 Å². The molecule has 0 aliphatic rings. The summed E-state index contributed by atoms with van der Waals surface area (Å²) in [5.41, 5.74) is 1.26. The molecular formula is C17H28BrNO2. The maximum Gasteiger partial charge on any atom is 0.120 e. The second-order valence-corrected chi connectivity index (χ2v) is 6.53. The summed E-state index contributed by atoms with van der Waals surface area (Å²) in [6, 6.07) is 6.50. The van der Waals surface area contributed by atoms with Gasteiger partial charge in [0.2, 0.25) is 0 Å². The summed E-state index contributed by atoms with van der Waals surface area (Å²) in [7, 11) is 0. The van der Waals surface area contributed by atoms with Crippen LogP contribution in [0.15, 0.2) is 22.7 Å². The molecule has 0 saturated heterocycles. The Morgan fingerprint density at radius 1 is 1.19 bits per heavy atom. The maximum absolute atomic E-state index is 5.71. The SMILES string of the molecule is CCCNC(C)c1ccc(OCCOCC(C)C)cc1Br. The first kappa shape index (κ1) is 18.5. The average molecular weight is 358 g/mol. The molecule has 21 heavy (non-hydrogen) atoms. The molecule has 1 N–H and O–H groups in total. The minimum absolute atomic E-state index is 0.336. The number of nitrogens with one attached hydrogen (secondary N) is 1. The zero-order valence-corrected chi connectivity index (χ0v) is 15.2. The molecule has 1 aromatic rings. The lowest BCUT2D eigenvalue weighted by Gasteiger charge is -2.16. The number of hydrogen-bond acceptors (Lipinski definition) is 3. The van der Waals surface area contributed by atoms with Crippen molar-refractivity contribution in [2.24, 2.45) is 5.92 Å². The fourth-order valence-electron chi connectivity index (χ4n) is 1.96. The number of hydrogen-bond donors (Lipinski definition) is 1. The molecule has 0 heterocycles. The van der Waals surface area contributed by atoms with Gasteiger partial charge in [0.05, 0.1) is 6.61 Å². The quantitative estimate of drug-likeness (QED) is 0.622. The van der Waals surface area contributed by atoms with E-state index in [1.165, 1.54) is 5.56 Å². The van der Waals surface area contributed by atoms with E-state index < -0.39 is 0 Å². The van der Waals surface area contributed by atoms with Gasteiger partial charge in [0.25, 0.3) is 0 Å². The summed E-state index contributed by atoms with van der Waals surface area (Å²) in [6.07, 6.45) is 1.14. The van der Waals surface area contributed by atoms with Crippen molar-refractivity contribution in [1.82, 2.24) is 5.32 Å². The van der Waals surface area contributed by atoms with Crippen LogP contribution in [0.1, 0.15) is 45.7 Å². The lowest BCUT2D eigenvalue weighted by Crippen LogP contribution is -2.19. The molecule has 0 amide bonds. The Labute approximate surface area is 137 Å². The second-order valence-electron chi connectivity index (χ2n) is 5.68. The highest BCUT2D eigenvalue weighted by Crippen LogP contribution is 2.27. The lowest BCUT2D eigenvalue weighted by atomic mass is 10.1. The van der Waals surface area contributed by atoms with E-state index >= 15 is 0 Å². The van der Waals surface area contributed by atoms with Crippen molar-refractivity contribution >= 4 is 15.9 Å². The Hall–Kier alpha value is -0.580. The first-order valence-electron chi connectivity index (χ1n) is 7.78. The van der Waals surface area contributed by atoms with Crippen molar-refractivity contribution in [2.45, 2.75) is 40.2 Å². The van der Waals surface area contributed by atoms with Gasteiger partial charge in [-0.3, -0.25) is 0 Å². The minimum Gasteiger partial charge on any atom is -0.491 e. The highest BCUT2D eigenvalue weighted by molar-refractivity contribution is 9.10. The van der Waals surface area contributed by atoms with E-state index in [4.69, 9.17) is 9.47 Å². The molecule has 0 spiro atoms. The van der Waals surface area contributed by atoms with Gasteiger partial charge >= 0.3 is 0 Å². The number of benzene rings is 1. The van der Waals surface area contributed by atoms with E-state index in [1.54, 1.807) is 0 Å². The van der Waals surface area contributed by atoms with Crippen molar-refractivity contribution in [1.29, 1.82) is 0 Å². The summed E-state index contributed by atoms with van der Waals surface area (Å²) in [5.74, 6) is 1.44. The van der Waals surface area contributed by atoms with Crippen LogP contribution in [0, 0.1) is 5.92 Å². The molecule has 0 aliphatic carbocycles. The topological polar surface area (TPSA) is 30.5 Å². The monoisotopic (exact) mass is 357 g/mol. The average Bonchev–Trinajstić information content (AvgIpc) is 2.44. The van der Waals surface area contributed by atoms with Crippen LogP contribution >= 0.6 is 15.9 Å². The Balaban J connectivity index is 2.42. The van der Waals surface area contributed by atoms with Crippen LogP contribution in [0.3, 0.4) is 0 Å². The van der Waals surface area contributed by atoms with Crippen molar-refractivity contribution < 1.29 is 9.47 Å². The fraction of sp³-hybridized carbons (Fsp3) is 0.647. The third-order valence-corrected chi connectivity index (χ3v) is 3.77. The van der Waals surface area contributed by atoms with E-state index in [0.29, 0.717) is 25.2 Å². The Morgan fingerprint density at radius 2 is 1.95 bits per heavy atom. The zero-order chi connectivity index (χ0) is 15.7. The van der Waals surface area contributed by atoms with Gasteiger partial charge in [-0.25, -0.2) is 0 Å². The molecule has 0 aromatic heterocycles. The van der Waals surface area contributed by atoms with Gasteiger partial charge in [-0.05, 0) is 43.5 Å². The van der Waals surface area contributed by atoms with Gasteiger partial charge in [0.15, 0.2) is 0 Å². The lowest BCUT2D eigenvalue weighted by molar-refractivity contribution is 0.0819. The molecule has 120 valence electrons. The van der Waals surface area contributed by atoms with Crippen molar-refractivity contribution in [3.63, 3.8) is 0 Å². The van der Waals surface area contributed by atoms with Crippen LogP contribution in [-0.2, 0) is 4.74 Å². The van der Waals surface area contributed by atoms with Crippen LogP contribution in [0.4, 0.5) is 0 Å². The molecule has 1 atom stereocenters. The van der Waals surface area contributed by atoms with Gasteiger partial charge in [-0.2, -0.15) is 0 Å². The van der Waals surface area contributed by atoms with Crippen LogP contribution in [0.5, 0.6) is 5.75 Å². The van der Waals surface area contributed by atoms with E-state index in [9.17, 15) is 0 Å². The number of halogens is 1. The van der Waals surface area contributed by atoms with Gasteiger partial charge in [0, 0.05) is 17.1 Å². The molecule has 4 heteroatoms. The number of rotatable bonds is 10. The van der Waals surface area contributed by atoms with Gasteiger partial charge in [0.1, 0.15) is 12.4 Å². The molecule has 0 aliphatic heterocycles. The summed E-state index contributed by atoms with van der Waals surface area (Å²) < 4.78 is 12.3. The van der Waals surface area contributed by atoms with E-state index in [-0.39, 0.29) is 0 Å². The maximum atomic E-state index is 5.71. The minimum atomic E-state index is 0.336. The van der Waals surface area contributed by atoms with Crippen molar-refractivity contribution in [3.05, 3.63) is 28.2 Å². The summed E-state index contributed by atoms with van der Waals surface area (Å²) in [6.45, 7) is 11.7. The molecule has 0 saturated carbocycles. The third-order valence-electron chi connectivity index (χ3n) is 3.09. The highest BCUT2D eigenvalue weighted by Gasteiger charge is 2.09. The molecule has 3 nitrogen and oxygen atoms in total. The molecule has 0 bridgehead atoms. The Morgan fingerprint density at radius 3 is 2.57 bits per heavy atom. The zero-order valence-electron chi connectivity index (χ0n) is 13.6. The van der Waals surface area contributed by atoms with Gasteiger partial charge in [-0.15, -0.1) is 0 Å². The standard InChI is InChI=1S/C17H28BrNO2/c1-5-8-19-14(4)16-7-6-15(11-17(16)18)21-10-9-20-12-13(2)3/h6-7,11,13-14,19H,5,8-10,12H2,1-4H3. The first-order valence-corrected chi connectivity index (χ1v) is 8.57. The molecule has 1 aromatic carbocycles. The van der Waals surface area contributed by atoms with Gasteiger partial charge in [-0.1, -0.05) is 42.8 Å². The van der Waals surface area contributed by atoms with Crippen LogP contribution in [-0.4, -0.2) is 26.4 Å². The first-order chi connectivity index (χ1) is 10.0. The molecule has 1 unspecified atom stereocenters. The molecule has 1 rings (SSSR count). The van der Waals surface area contributed by atoms with Crippen molar-refractivity contribution in [3.8, 4) is 5.75 Å². The normalized spacial score (nSPS) is 12.7. The van der Waals surface area contributed by atoms with E-state index in [2.05, 4.69) is 55.0 Å². The summed E-state index contributed by atoms with van der Waals surface area (Å²) in [5, 5.41) is 3.49. The van der Waals surface area contributed by atoms with E-state index in [0.717, 1.165) is 29.8 Å². The fourth-order valence-corrected chi connectivity index (χ4v) is 2.66. The molecule has 0 radical (unpaired) electrons. The van der Waals surface area contributed by atoms with Crippen molar-refractivity contribution in [2.75, 3.05) is 26.4 Å². The third kappa shape index (κ3) is 7.30. The van der Waals surface area contributed by atoms with Crippen LogP contribution in [0.25, 0.3) is 0 Å². The van der Waals surface area contributed by atoms with Crippen LogP contribution in [0.2, 0.25) is 0 Å². The summed E-state index contributed by atoms with van der Waals surface area (Å²) >= 11 is 3.63. The predicted octanol–water partition coefficient (Wildman–Crippen LogP) is 4.56. The highest BCUT2D eigenvalue weighted by atomic mass is 79.9. The number of ether oxygens (including phenoxy) is 2. The van der Waals surface area contributed by atoms with Crippen LogP contribution < -0.4 is 10.1 Å². The molecular weight excluding hydrogens is 330 g/mol. The predicted molar refractivity (Wildman–Crippen MR) is 92.0 cm³/mol. The smallest absolute Gasteiger partial charge is 0.120 e.